The third-order valence-corrected chi connectivity index (χ3v) is 4.56. The van der Waals surface area contributed by atoms with E-state index in [-0.39, 0.29) is 11.8 Å². The Morgan fingerprint density at radius 1 is 0.917 bits per heavy atom. The highest BCUT2D eigenvalue weighted by Crippen LogP contribution is 2.16. The Hall–Kier alpha value is -2.01. The summed E-state index contributed by atoms with van der Waals surface area (Å²) in [4.78, 5) is 28.7. The molecular weight excluding hydrogens is 328 g/mol. The van der Waals surface area contributed by atoms with Crippen LogP contribution in [0.5, 0.6) is 0 Å². The molecule has 0 aromatic heterocycles. The third kappa shape index (κ3) is 3.90. The number of carbonyl (C=O) groups is 2. The average Bonchev–Trinajstić information content (AvgIpc) is 2.88. The Kier molecular flexibility index (Phi) is 5.41. The van der Waals surface area contributed by atoms with Crippen molar-refractivity contribution >= 4 is 23.4 Å². The van der Waals surface area contributed by atoms with Crippen LogP contribution in [0.4, 0.5) is 0 Å². The van der Waals surface area contributed by atoms with Crippen LogP contribution in [-0.2, 0) is 9.53 Å². The van der Waals surface area contributed by atoms with Gasteiger partial charge in [0.25, 0.3) is 11.8 Å². The summed E-state index contributed by atoms with van der Waals surface area (Å²) in [5.74, 6) is 0.378. The minimum atomic E-state index is -0.0597. The van der Waals surface area contributed by atoms with Crippen molar-refractivity contribution in [2.24, 2.45) is 0 Å². The molecule has 6 heteroatoms. The molecule has 2 amide bonds. The summed E-state index contributed by atoms with van der Waals surface area (Å²) < 4.78 is 5.47. The predicted molar refractivity (Wildman–Crippen MR) is 91.8 cm³/mol. The SMILES string of the molecule is O=C(C1=CCCCO1)N1CCCN(C(=O)c2ccc(Cl)cc2)CC1. The van der Waals surface area contributed by atoms with Crippen molar-refractivity contribution < 1.29 is 14.3 Å². The van der Waals surface area contributed by atoms with E-state index in [9.17, 15) is 9.59 Å². The number of halogens is 1. The van der Waals surface area contributed by atoms with Crippen molar-refractivity contribution in [3.05, 3.63) is 46.7 Å². The fourth-order valence-electron chi connectivity index (χ4n) is 2.96. The first kappa shape index (κ1) is 16.8. The van der Waals surface area contributed by atoms with Gasteiger partial charge < -0.3 is 14.5 Å². The van der Waals surface area contributed by atoms with Crippen molar-refractivity contribution in [3.8, 4) is 0 Å². The fraction of sp³-hybridized carbons (Fsp3) is 0.444. The van der Waals surface area contributed by atoms with Crippen molar-refractivity contribution in [1.29, 1.82) is 0 Å². The van der Waals surface area contributed by atoms with Gasteiger partial charge in [-0.15, -0.1) is 0 Å². The summed E-state index contributed by atoms with van der Waals surface area (Å²) in [5.41, 5.74) is 0.623. The van der Waals surface area contributed by atoms with E-state index in [1.165, 1.54) is 0 Å². The summed E-state index contributed by atoms with van der Waals surface area (Å²) in [6.07, 6.45) is 4.47. The molecule has 2 aliphatic rings. The Morgan fingerprint density at radius 3 is 2.21 bits per heavy atom. The largest absolute Gasteiger partial charge is 0.488 e. The predicted octanol–water partition coefficient (Wildman–Crippen LogP) is 2.71. The van der Waals surface area contributed by atoms with Gasteiger partial charge in [-0.05, 0) is 49.6 Å². The molecule has 1 saturated heterocycles. The first-order valence-electron chi connectivity index (χ1n) is 8.32. The van der Waals surface area contributed by atoms with Gasteiger partial charge in [-0.3, -0.25) is 9.59 Å². The van der Waals surface area contributed by atoms with Gasteiger partial charge in [0, 0.05) is 36.8 Å². The number of ether oxygens (including phenoxy) is 1. The number of hydrogen-bond donors (Lipinski definition) is 0. The maximum absolute atomic E-state index is 12.6. The van der Waals surface area contributed by atoms with Gasteiger partial charge in [0.1, 0.15) is 0 Å². The lowest BCUT2D eigenvalue weighted by atomic mass is 10.2. The van der Waals surface area contributed by atoms with E-state index in [4.69, 9.17) is 16.3 Å². The molecule has 5 nitrogen and oxygen atoms in total. The number of amides is 2. The summed E-state index contributed by atoms with van der Waals surface area (Å²) in [6, 6.07) is 6.91. The molecule has 0 atom stereocenters. The summed E-state index contributed by atoms with van der Waals surface area (Å²) in [7, 11) is 0. The molecule has 1 fully saturated rings. The quantitative estimate of drug-likeness (QED) is 0.825. The van der Waals surface area contributed by atoms with Crippen LogP contribution < -0.4 is 0 Å². The third-order valence-electron chi connectivity index (χ3n) is 4.31. The molecule has 0 radical (unpaired) electrons. The monoisotopic (exact) mass is 348 g/mol. The zero-order valence-electron chi connectivity index (χ0n) is 13.5. The highest BCUT2D eigenvalue weighted by atomic mass is 35.5. The zero-order chi connectivity index (χ0) is 16.9. The number of rotatable bonds is 2. The van der Waals surface area contributed by atoms with Gasteiger partial charge in [-0.25, -0.2) is 0 Å². The first-order chi connectivity index (χ1) is 11.6. The van der Waals surface area contributed by atoms with Crippen LogP contribution in [0.1, 0.15) is 29.6 Å². The van der Waals surface area contributed by atoms with Crippen LogP contribution in [0.25, 0.3) is 0 Å². The Labute approximate surface area is 146 Å². The van der Waals surface area contributed by atoms with E-state index in [1.54, 1.807) is 34.1 Å². The Balaban J connectivity index is 1.62. The van der Waals surface area contributed by atoms with E-state index in [1.807, 2.05) is 6.08 Å². The highest BCUT2D eigenvalue weighted by molar-refractivity contribution is 6.30. The van der Waals surface area contributed by atoms with Crippen LogP contribution in [0, 0.1) is 0 Å². The molecule has 24 heavy (non-hydrogen) atoms. The van der Waals surface area contributed by atoms with Gasteiger partial charge in [0.15, 0.2) is 5.76 Å². The van der Waals surface area contributed by atoms with Crippen LogP contribution >= 0.6 is 11.6 Å². The van der Waals surface area contributed by atoms with Gasteiger partial charge in [0.2, 0.25) is 0 Å². The minimum Gasteiger partial charge on any atom is -0.488 e. The average molecular weight is 349 g/mol. The molecule has 2 heterocycles. The minimum absolute atomic E-state index is 0.0194. The van der Waals surface area contributed by atoms with E-state index in [0.717, 1.165) is 19.3 Å². The molecule has 1 aromatic carbocycles. The van der Waals surface area contributed by atoms with Crippen LogP contribution in [0.3, 0.4) is 0 Å². The number of carbonyl (C=O) groups excluding carboxylic acids is 2. The van der Waals surface area contributed by atoms with E-state index < -0.39 is 0 Å². The molecule has 3 rings (SSSR count). The second-order valence-electron chi connectivity index (χ2n) is 6.00. The molecule has 0 bridgehead atoms. The van der Waals surface area contributed by atoms with Crippen molar-refractivity contribution in [1.82, 2.24) is 9.80 Å². The van der Waals surface area contributed by atoms with Crippen molar-refractivity contribution in [3.63, 3.8) is 0 Å². The van der Waals surface area contributed by atoms with Crippen LogP contribution in [0.15, 0.2) is 36.1 Å². The molecule has 2 aliphatic heterocycles. The molecular formula is C18H21ClN2O3. The van der Waals surface area contributed by atoms with Crippen molar-refractivity contribution in [2.75, 3.05) is 32.8 Å². The highest BCUT2D eigenvalue weighted by Gasteiger charge is 2.25. The molecule has 0 saturated carbocycles. The van der Waals surface area contributed by atoms with Crippen molar-refractivity contribution in [2.45, 2.75) is 19.3 Å². The van der Waals surface area contributed by atoms with Crippen LogP contribution in [-0.4, -0.2) is 54.4 Å². The second-order valence-corrected chi connectivity index (χ2v) is 6.44. The first-order valence-corrected chi connectivity index (χ1v) is 8.70. The zero-order valence-corrected chi connectivity index (χ0v) is 14.3. The number of hydrogen-bond acceptors (Lipinski definition) is 3. The molecule has 0 N–H and O–H groups in total. The lowest BCUT2D eigenvalue weighted by Crippen LogP contribution is -2.38. The van der Waals surface area contributed by atoms with Crippen LogP contribution in [0.2, 0.25) is 5.02 Å². The standard InChI is InChI=1S/C18H21ClN2O3/c19-15-7-5-14(6-8-15)17(22)20-9-3-10-21(12-11-20)18(23)16-4-1-2-13-24-16/h4-8H,1-3,9-13H2. The number of allylic oxidation sites excluding steroid dienone is 1. The summed E-state index contributed by atoms with van der Waals surface area (Å²) >= 11 is 5.87. The molecule has 0 spiro atoms. The Bertz CT molecular complexity index is 642. The van der Waals surface area contributed by atoms with Gasteiger partial charge in [-0.2, -0.15) is 0 Å². The molecule has 1 aromatic rings. The Morgan fingerprint density at radius 2 is 1.58 bits per heavy atom. The molecule has 0 aliphatic carbocycles. The second kappa shape index (κ2) is 7.71. The maximum atomic E-state index is 12.6. The smallest absolute Gasteiger partial charge is 0.288 e. The summed E-state index contributed by atoms with van der Waals surface area (Å²) in [5, 5.41) is 0.611. The lowest BCUT2D eigenvalue weighted by molar-refractivity contribution is -0.131. The van der Waals surface area contributed by atoms with Gasteiger partial charge in [0.05, 0.1) is 6.61 Å². The molecule has 0 unspecified atom stereocenters. The van der Waals surface area contributed by atoms with E-state index in [0.29, 0.717) is 49.1 Å². The topological polar surface area (TPSA) is 49.9 Å². The lowest BCUT2D eigenvalue weighted by Gasteiger charge is -2.24. The maximum Gasteiger partial charge on any atom is 0.288 e. The molecule has 128 valence electrons. The number of benzene rings is 1. The van der Waals surface area contributed by atoms with E-state index >= 15 is 0 Å². The fourth-order valence-corrected chi connectivity index (χ4v) is 3.09. The summed E-state index contributed by atoms with van der Waals surface area (Å²) in [6.45, 7) is 2.95. The van der Waals surface area contributed by atoms with Gasteiger partial charge in [-0.1, -0.05) is 11.6 Å². The number of nitrogens with zero attached hydrogens (tertiary/aromatic N) is 2. The van der Waals surface area contributed by atoms with Gasteiger partial charge >= 0.3 is 0 Å². The normalized spacial score (nSPS) is 18.5. The van der Waals surface area contributed by atoms with E-state index in [2.05, 4.69) is 0 Å².